The zero-order valence-electron chi connectivity index (χ0n) is 9.23. The van der Waals surface area contributed by atoms with Gasteiger partial charge in [0, 0.05) is 10.9 Å². The van der Waals surface area contributed by atoms with Gasteiger partial charge in [-0.25, -0.2) is 0 Å². The summed E-state index contributed by atoms with van der Waals surface area (Å²) in [5.74, 6) is 1.56. The van der Waals surface area contributed by atoms with Crippen LogP contribution in [0.15, 0.2) is 12.1 Å². The molecule has 2 heteroatoms. The summed E-state index contributed by atoms with van der Waals surface area (Å²) in [5, 5.41) is 0.853. The van der Waals surface area contributed by atoms with E-state index >= 15 is 0 Å². The lowest BCUT2D eigenvalue weighted by Gasteiger charge is -2.16. The lowest BCUT2D eigenvalue weighted by molar-refractivity contribution is 0.407. The number of benzene rings is 1. The third kappa shape index (κ3) is 2.11. The van der Waals surface area contributed by atoms with Gasteiger partial charge < -0.3 is 4.74 Å². The van der Waals surface area contributed by atoms with Crippen molar-refractivity contribution in [1.29, 1.82) is 0 Å². The maximum absolute atomic E-state index is 5.43. The van der Waals surface area contributed by atoms with Crippen molar-refractivity contribution in [3.8, 4) is 5.75 Å². The Kier molecular flexibility index (Phi) is 3.99. The summed E-state index contributed by atoms with van der Waals surface area (Å²) in [4.78, 5) is 0. The van der Waals surface area contributed by atoms with E-state index < -0.39 is 0 Å². The molecule has 0 radical (unpaired) electrons. The molecule has 0 atom stereocenters. The number of aryl methyl sites for hydroxylation is 1. The molecule has 0 amide bonds. The number of methoxy groups -OCH3 is 1. The highest BCUT2D eigenvalue weighted by Crippen LogP contribution is 2.32. The summed E-state index contributed by atoms with van der Waals surface area (Å²) in [5.41, 5.74) is 3.85. The topological polar surface area (TPSA) is 9.23 Å². The summed E-state index contributed by atoms with van der Waals surface area (Å²) in [6, 6.07) is 4.32. The Labute approximate surface area is 94.6 Å². The molecule has 0 aliphatic rings. The fourth-order valence-electron chi connectivity index (χ4n) is 1.72. The minimum atomic E-state index is 0.539. The molecule has 0 aromatic heterocycles. The first-order valence-corrected chi connectivity index (χ1v) is 5.96. The van der Waals surface area contributed by atoms with Crippen LogP contribution in [0.2, 0.25) is 0 Å². The Morgan fingerprint density at radius 2 is 2.00 bits per heavy atom. The summed E-state index contributed by atoms with van der Waals surface area (Å²) < 4.78 is 5.43. The quantitative estimate of drug-likeness (QED) is 0.743. The van der Waals surface area contributed by atoms with E-state index in [1.807, 2.05) is 0 Å². The zero-order valence-corrected chi connectivity index (χ0v) is 10.8. The Hall–Kier alpha value is -0.500. The molecule has 0 N–H and O–H groups in total. The van der Waals surface area contributed by atoms with Gasteiger partial charge in [0.25, 0.3) is 0 Å². The number of hydrogen-bond acceptors (Lipinski definition) is 1. The highest BCUT2D eigenvalue weighted by Gasteiger charge is 2.12. The maximum atomic E-state index is 5.43. The molecule has 0 saturated heterocycles. The van der Waals surface area contributed by atoms with Gasteiger partial charge in [0.2, 0.25) is 0 Å². The van der Waals surface area contributed by atoms with Gasteiger partial charge in [-0.1, -0.05) is 41.9 Å². The molecule has 1 aromatic carbocycles. The van der Waals surface area contributed by atoms with Crippen LogP contribution in [0.4, 0.5) is 0 Å². The average molecular weight is 257 g/mol. The van der Waals surface area contributed by atoms with E-state index in [1.165, 1.54) is 16.7 Å². The Morgan fingerprint density at radius 3 is 2.43 bits per heavy atom. The highest BCUT2D eigenvalue weighted by atomic mass is 79.9. The van der Waals surface area contributed by atoms with Crippen LogP contribution in [-0.2, 0) is 5.33 Å². The van der Waals surface area contributed by atoms with Crippen LogP contribution in [0.3, 0.4) is 0 Å². The summed E-state index contributed by atoms with van der Waals surface area (Å²) in [6.45, 7) is 6.49. The predicted molar refractivity (Wildman–Crippen MR) is 64.5 cm³/mol. The van der Waals surface area contributed by atoms with Gasteiger partial charge in [-0.15, -0.1) is 0 Å². The van der Waals surface area contributed by atoms with Crippen molar-refractivity contribution >= 4 is 15.9 Å². The molecule has 78 valence electrons. The fourth-order valence-corrected chi connectivity index (χ4v) is 2.30. The van der Waals surface area contributed by atoms with E-state index in [0.717, 1.165) is 11.1 Å². The normalized spacial score (nSPS) is 10.7. The lowest BCUT2D eigenvalue weighted by Crippen LogP contribution is -2.00. The smallest absolute Gasteiger partial charge is 0.126 e. The van der Waals surface area contributed by atoms with Crippen LogP contribution in [0.25, 0.3) is 0 Å². The molecule has 1 nitrogen and oxygen atoms in total. The van der Waals surface area contributed by atoms with E-state index in [0.29, 0.717) is 5.92 Å². The standard InChI is InChI=1S/C12H17BrO/c1-8(2)10-6-5-9(3)12(14-4)11(10)7-13/h5-6,8H,7H2,1-4H3. The fraction of sp³-hybridized carbons (Fsp3) is 0.500. The number of ether oxygens (including phenoxy) is 1. The molecule has 1 rings (SSSR count). The third-order valence-corrected chi connectivity index (χ3v) is 3.01. The summed E-state index contributed by atoms with van der Waals surface area (Å²) >= 11 is 3.52. The van der Waals surface area contributed by atoms with E-state index in [2.05, 4.69) is 48.8 Å². The lowest BCUT2D eigenvalue weighted by atomic mass is 9.95. The molecular formula is C12H17BrO. The van der Waals surface area contributed by atoms with Gasteiger partial charge in [-0.2, -0.15) is 0 Å². The van der Waals surface area contributed by atoms with Crippen molar-refractivity contribution < 1.29 is 4.74 Å². The van der Waals surface area contributed by atoms with Gasteiger partial charge >= 0.3 is 0 Å². The van der Waals surface area contributed by atoms with Gasteiger partial charge in [0.1, 0.15) is 5.75 Å². The van der Waals surface area contributed by atoms with Crippen LogP contribution in [0.1, 0.15) is 36.5 Å². The van der Waals surface area contributed by atoms with Crippen LogP contribution in [-0.4, -0.2) is 7.11 Å². The van der Waals surface area contributed by atoms with Crippen molar-refractivity contribution in [2.75, 3.05) is 7.11 Å². The van der Waals surface area contributed by atoms with Crippen molar-refractivity contribution in [2.45, 2.75) is 32.0 Å². The van der Waals surface area contributed by atoms with Crippen LogP contribution in [0, 0.1) is 6.92 Å². The molecule has 0 heterocycles. The van der Waals surface area contributed by atoms with E-state index in [9.17, 15) is 0 Å². The number of alkyl halides is 1. The highest BCUT2D eigenvalue weighted by molar-refractivity contribution is 9.08. The molecule has 0 bridgehead atoms. The van der Waals surface area contributed by atoms with Gasteiger partial charge in [-0.3, -0.25) is 0 Å². The summed E-state index contributed by atoms with van der Waals surface area (Å²) in [7, 11) is 1.73. The molecule has 0 spiro atoms. The second-order valence-electron chi connectivity index (χ2n) is 3.77. The molecule has 0 saturated carbocycles. The maximum Gasteiger partial charge on any atom is 0.126 e. The Morgan fingerprint density at radius 1 is 1.36 bits per heavy atom. The zero-order chi connectivity index (χ0) is 10.7. The van der Waals surface area contributed by atoms with Crippen molar-refractivity contribution in [2.24, 2.45) is 0 Å². The first-order valence-electron chi connectivity index (χ1n) is 4.84. The molecule has 14 heavy (non-hydrogen) atoms. The molecular weight excluding hydrogens is 240 g/mol. The number of halogens is 1. The van der Waals surface area contributed by atoms with Crippen molar-refractivity contribution in [3.05, 3.63) is 28.8 Å². The molecule has 1 aromatic rings. The van der Waals surface area contributed by atoms with Gasteiger partial charge in [0.15, 0.2) is 0 Å². The first kappa shape index (κ1) is 11.6. The Bertz CT molecular complexity index is 318. The van der Waals surface area contributed by atoms with Gasteiger partial charge in [-0.05, 0) is 24.0 Å². The largest absolute Gasteiger partial charge is 0.496 e. The van der Waals surface area contributed by atoms with E-state index in [-0.39, 0.29) is 0 Å². The van der Waals surface area contributed by atoms with Crippen LogP contribution >= 0.6 is 15.9 Å². The SMILES string of the molecule is COc1c(C)ccc(C(C)C)c1CBr. The van der Waals surface area contributed by atoms with E-state index in [1.54, 1.807) is 7.11 Å². The minimum absolute atomic E-state index is 0.539. The van der Waals surface area contributed by atoms with Crippen molar-refractivity contribution in [1.82, 2.24) is 0 Å². The molecule has 0 aliphatic heterocycles. The Balaban J connectivity index is 3.33. The second-order valence-corrected chi connectivity index (χ2v) is 4.33. The van der Waals surface area contributed by atoms with Crippen LogP contribution in [0.5, 0.6) is 5.75 Å². The molecule has 0 fully saturated rings. The van der Waals surface area contributed by atoms with E-state index in [4.69, 9.17) is 4.74 Å². The summed E-state index contributed by atoms with van der Waals surface area (Å²) in [6.07, 6.45) is 0. The first-order chi connectivity index (χ1) is 6.61. The monoisotopic (exact) mass is 256 g/mol. The number of hydrogen-bond donors (Lipinski definition) is 0. The minimum Gasteiger partial charge on any atom is -0.496 e. The van der Waals surface area contributed by atoms with Crippen molar-refractivity contribution in [3.63, 3.8) is 0 Å². The molecule has 0 unspecified atom stereocenters. The third-order valence-electron chi connectivity index (χ3n) is 2.45. The van der Waals surface area contributed by atoms with Gasteiger partial charge in [0.05, 0.1) is 7.11 Å². The average Bonchev–Trinajstić information content (AvgIpc) is 2.16. The van der Waals surface area contributed by atoms with Crippen LogP contribution < -0.4 is 4.74 Å². The second kappa shape index (κ2) is 4.83. The molecule has 0 aliphatic carbocycles. The number of rotatable bonds is 3. The predicted octanol–water partition coefficient (Wildman–Crippen LogP) is 4.02.